The van der Waals surface area contributed by atoms with Gasteiger partial charge in [-0.05, 0) is 0 Å². The number of nitrogens with two attached hydrogens (primary N) is 6. The second-order valence-corrected chi connectivity index (χ2v) is 1.33. The van der Waals surface area contributed by atoms with Gasteiger partial charge < -0.3 is 40.6 Å². The first kappa shape index (κ1) is 22.4. The molecule has 0 aromatic carbocycles. The first-order valence-electron chi connectivity index (χ1n) is 2.40. The van der Waals surface area contributed by atoms with Crippen molar-refractivity contribution in [1.29, 1.82) is 0 Å². The minimum absolute atomic E-state index is 0. The molecule has 12 heavy (non-hydrogen) atoms. The van der Waals surface area contributed by atoms with Crippen LogP contribution in [0.3, 0.4) is 0 Å². The summed E-state index contributed by atoms with van der Waals surface area (Å²) in [7, 11) is 0. The van der Waals surface area contributed by atoms with Crippen molar-refractivity contribution < 1.29 is 17.1 Å². The predicted octanol–water partition coefficient (Wildman–Crippen LogP) is -2.52. The molecule has 0 aliphatic rings. The maximum absolute atomic E-state index is 4.81. The molecule has 76 valence electrons. The van der Waals surface area contributed by atoms with Gasteiger partial charge in [0.2, 0.25) is 0 Å². The molecular weight excluding hydrogens is 202 g/mol. The van der Waals surface area contributed by atoms with Gasteiger partial charge in [-0.3, -0.25) is 0 Å². The Morgan fingerprint density at radius 2 is 0.833 bits per heavy atom. The van der Waals surface area contributed by atoms with Crippen LogP contribution in [0.1, 0.15) is 0 Å². The number of rotatable bonds is 0. The van der Waals surface area contributed by atoms with E-state index < -0.39 is 0 Å². The third-order valence-electron chi connectivity index (χ3n) is 0.385. The molecule has 0 spiro atoms. The van der Waals surface area contributed by atoms with Crippen LogP contribution in [0.4, 0.5) is 0 Å². The maximum atomic E-state index is 4.81. The molecule has 0 bridgehead atoms. The molecule has 0 rings (SSSR count). The molecule has 0 heterocycles. The van der Waals surface area contributed by atoms with Crippen LogP contribution in [-0.2, 0) is 17.1 Å². The van der Waals surface area contributed by atoms with E-state index in [1.807, 2.05) is 0 Å². The molecular formula is C4H17FeN7. The quantitative estimate of drug-likeness (QED) is 0.218. The zero-order valence-corrected chi connectivity index (χ0v) is 7.78. The van der Waals surface area contributed by atoms with E-state index in [9.17, 15) is 0 Å². The Morgan fingerprint density at radius 1 is 0.750 bits per heavy atom. The summed E-state index contributed by atoms with van der Waals surface area (Å²) in [5.74, 6) is 0.315. The van der Waals surface area contributed by atoms with Crippen LogP contribution in [-0.4, -0.2) is 0 Å². The molecule has 0 aromatic rings. The first-order chi connectivity index (χ1) is 4.54. The standard InChI is InChI=1S/2C2H7N3.Fe.H3N/c2*3-1-2(4)5;;/h2*1H,3-5H2;;1H3. The molecule has 0 unspecified atom stereocenters. The fraction of sp³-hybridized carbons (Fsp3) is 0. The first-order valence-corrected chi connectivity index (χ1v) is 2.40. The van der Waals surface area contributed by atoms with Crippen molar-refractivity contribution in [3.8, 4) is 0 Å². The Kier molecular flexibility index (Phi) is 30.6. The molecule has 0 aliphatic carbocycles. The molecule has 0 saturated heterocycles. The molecule has 15 N–H and O–H groups in total. The fourth-order valence-corrected chi connectivity index (χ4v) is 0. The minimum Gasteiger partial charge on any atom is -0.402 e. The van der Waals surface area contributed by atoms with Gasteiger partial charge >= 0.3 is 0 Å². The maximum Gasteiger partial charge on any atom is 0.109 e. The van der Waals surface area contributed by atoms with Crippen molar-refractivity contribution in [1.82, 2.24) is 6.15 Å². The van der Waals surface area contributed by atoms with Crippen molar-refractivity contribution in [2.45, 2.75) is 0 Å². The van der Waals surface area contributed by atoms with Gasteiger partial charge in [0.05, 0.1) is 0 Å². The second kappa shape index (κ2) is 16.4. The SMILES string of the molecule is N.NC=C(N)N.NC=C(N)N.[Fe]. The van der Waals surface area contributed by atoms with Crippen LogP contribution in [0, 0.1) is 0 Å². The second-order valence-electron chi connectivity index (χ2n) is 1.33. The molecule has 0 atom stereocenters. The summed E-state index contributed by atoms with van der Waals surface area (Å²) < 4.78 is 0. The Balaban J connectivity index is -0.0000000457. The van der Waals surface area contributed by atoms with Crippen LogP contribution in [0.5, 0.6) is 0 Å². The molecule has 0 saturated carbocycles. The monoisotopic (exact) mass is 219 g/mol. The van der Waals surface area contributed by atoms with Gasteiger partial charge in [-0.2, -0.15) is 0 Å². The molecule has 0 aromatic heterocycles. The predicted molar refractivity (Wildman–Crippen MR) is 46.3 cm³/mol. The Bertz CT molecular complexity index is 107. The molecule has 0 aliphatic heterocycles. The van der Waals surface area contributed by atoms with Crippen molar-refractivity contribution in [3.05, 3.63) is 24.0 Å². The van der Waals surface area contributed by atoms with E-state index >= 15 is 0 Å². The van der Waals surface area contributed by atoms with Gasteiger partial charge in [0, 0.05) is 29.5 Å². The van der Waals surface area contributed by atoms with Crippen molar-refractivity contribution in [2.75, 3.05) is 0 Å². The molecule has 0 fully saturated rings. The van der Waals surface area contributed by atoms with Crippen molar-refractivity contribution in [2.24, 2.45) is 34.4 Å². The zero-order valence-electron chi connectivity index (χ0n) is 6.68. The molecule has 7 nitrogen and oxygen atoms in total. The van der Waals surface area contributed by atoms with Gasteiger partial charge in [-0.25, -0.2) is 0 Å². The topological polar surface area (TPSA) is 191 Å². The summed E-state index contributed by atoms with van der Waals surface area (Å²) in [4.78, 5) is 0. The number of hydrogen-bond donors (Lipinski definition) is 7. The average molecular weight is 219 g/mol. The molecule has 0 amide bonds. The van der Waals surface area contributed by atoms with Gasteiger partial charge in [0.1, 0.15) is 11.6 Å². The van der Waals surface area contributed by atoms with E-state index in [1.54, 1.807) is 0 Å². The molecule has 0 radical (unpaired) electrons. The van der Waals surface area contributed by atoms with Crippen LogP contribution in [0.15, 0.2) is 24.0 Å². The smallest absolute Gasteiger partial charge is 0.109 e. The summed E-state index contributed by atoms with van der Waals surface area (Å²) in [6.07, 6.45) is 2.28. The summed E-state index contributed by atoms with van der Waals surface area (Å²) in [6, 6.07) is 0. The van der Waals surface area contributed by atoms with E-state index in [-0.39, 0.29) is 34.9 Å². The summed E-state index contributed by atoms with van der Waals surface area (Å²) in [5.41, 5.74) is 28.7. The van der Waals surface area contributed by atoms with Gasteiger partial charge in [-0.1, -0.05) is 0 Å². The summed E-state index contributed by atoms with van der Waals surface area (Å²) in [5, 5.41) is 0. The Labute approximate surface area is 82.2 Å². The van der Waals surface area contributed by atoms with Crippen LogP contribution < -0.4 is 40.6 Å². The van der Waals surface area contributed by atoms with E-state index in [2.05, 4.69) is 0 Å². The van der Waals surface area contributed by atoms with Crippen molar-refractivity contribution >= 4 is 0 Å². The third-order valence-corrected chi connectivity index (χ3v) is 0.385. The fourth-order valence-electron chi connectivity index (χ4n) is 0. The van der Waals surface area contributed by atoms with Crippen molar-refractivity contribution in [3.63, 3.8) is 0 Å². The van der Waals surface area contributed by atoms with E-state index in [0.29, 0.717) is 0 Å². The van der Waals surface area contributed by atoms with Crippen LogP contribution in [0.2, 0.25) is 0 Å². The van der Waals surface area contributed by atoms with E-state index in [4.69, 9.17) is 34.4 Å². The largest absolute Gasteiger partial charge is 0.402 e. The van der Waals surface area contributed by atoms with E-state index in [0.717, 1.165) is 12.4 Å². The normalized spacial score (nSPS) is 5.33. The van der Waals surface area contributed by atoms with Gasteiger partial charge in [0.25, 0.3) is 0 Å². The minimum atomic E-state index is 0. The summed E-state index contributed by atoms with van der Waals surface area (Å²) >= 11 is 0. The Morgan fingerprint density at radius 3 is 0.833 bits per heavy atom. The van der Waals surface area contributed by atoms with E-state index in [1.165, 1.54) is 0 Å². The summed E-state index contributed by atoms with van der Waals surface area (Å²) in [6.45, 7) is 0. The number of hydrogen-bond acceptors (Lipinski definition) is 7. The van der Waals surface area contributed by atoms with Crippen LogP contribution >= 0.6 is 0 Å². The Hall–Kier alpha value is -1.24. The van der Waals surface area contributed by atoms with Gasteiger partial charge in [-0.15, -0.1) is 0 Å². The van der Waals surface area contributed by atoms with Crippen LogP contribution in [0.25, 0.3) is 0 Å². The van der Waals surface area contributed by atoms with Gasteiger partial charge in [0.15, 0.2) is 0 Å². The third kappa shape index (κ3) is 69.3. The molecule has 8 heteroatoms. The average Bonchev–Trinajstić information content (AvgIpc) is 1.89. The zero-order chi connectivity index (χ0) is 8.57.